The first-order chi connectivity index (χ1) is 8.58. The maximum atomic E-state index is 12.3. The standard InChI is InChI=1S/C14H19ClN2O/c1-16(2)13-6-8-17(9-7-13)14(18)11-4-3-5-12(15)10-11/h3-5,10,13H,6-9H2,1-2H3. The molecule has 0 saturated carbocycles. The molecule has 1 amide bonds. The Hall–Kier alpha value is -1.06. The molecule has 0 radical (unpaired) electrons. The highest BCUT2D eigenvalue weighted by molar-refractivity contribution is 6.30. The fourth-order valence-corrected chi connectivity index (χ4v) is 2.58. The Labute approximate surface area is 113 Å². The van der Waals surface area contributed by atoms with Crippen LogP contribution in [-0.2, 0) is 0 Å². The average Bonchev–Trinajstić information content (AvgIpc) is 2.38. The summed E-state index contributed by atoms with van der Waals surface area (Å²) in [5, 5.41) is 0.615. The lowest BCUT2D eigenvalue weighted by atomic mass is 10.0. The smallest absolute Gasteiger partial charge is 0.253 e. The van der Waals surface area contributed by atoms with E-state index < -0.39 is 0 Å². The van der Waals surface area contributed by atoms with E-state index in [9.17, 15) is 4.79 Å². The van der Waals surface area contributed by atoms with Crippen molar-refractivity contribution in [3.05, 3.63) is 34.9 Å². The Morgan fingerprint density at radius 1 is 1.33 bits per heavy atom. The van der Waals surface area contributed by atoms with Gasteiger partial charge in [-0.3, -0.25) is 4.79 Å². The molecule has 1 heterocycles. The second kappa shape index (κ2) is 5.72. The molecule has 0 N–H and O–H groups in total. The van der Waals surface area contributed by atoms with Crippen LogP contribution < -0.4 is 0 Å². The van der Waals surface area contributed by atoms with Gasteiger partial charge in [0.25, 0.3) is 5.91 Å². The summed E-state index contributed by atoms with van der Waals surface area (Å²) in [5.41, 5.74) is 0.686. The molecule has 0 spiro atoms. The topological polar surface area (TPSA) is 23.6 Å². The van der Waals surface area contributed by atoms with Crippen LogP contribution in [0.4, 0.5) is 0 Å². The van der Waals surface area contributed by atoms with E-state index in [0.29, 0.717) is 16.6 Å². The van der Waals surface area contributed by atoms with Crippen molar-refractivity contribution in [3.8, 4) is 0 Å². The number of piperidine rings is 1. The molecular formula is C14H19ClN2O. The lowest BCUT2D eigenvalue weighted by Crippen LogP contribution is -2.44. The van der Waals surface area contributed by atoms with E-state index in [0.717, 1.165) is 25.9 Å². The molecule has 1 aromatic carbocycles. The third-order valence-corrected chi connectivity index (χ3v) is 3.79. The minimum Gasteiger partial charge on any atom is -0.339 e. The second-order valence-corrected chi connectivity index (χ2v) is 5.43. The number of hydrogen-bond acceptors (Lipinski definition) is 2. The van der Waals surface area contributed by atoms with Gasteiger partial charge in [0, 0.05) is 29.7 Å². The van der Waals surface area contributed by atoms with Crippen LogP contribution in [0.2, 0.25) is 5.02 Å². The van der Waals surface area contributed by atoms with Gasteiger partial charge in [-0.2, -0.15) is 0 Å². The fourth-order valence-electron chi connectivity index (χ4n) is 2.39. The summed E-state index contributed by atoms with van der Waals surface area (Å²) in [6.45, 7) is 1.66. The molecule has 1 aliphatic heterocycles. The van der Waals surface area contributed by atoms with E-state index in [2.05, 4.69) is 19.0 Å². The molecule has 1 aromatic rings. The van der Waals surface area contributed by atoms with Crippen molar-refractivity contribution >= 4 is 17.5 Å². The van der Waals surface area contributed by atoms with Gasteiger partial charge in [0.1, 0.15) is 0 Å². The molecule has 2 rings (SSSR count). The lowest BCUT2D eigenvalue weighted by molar-refractivity contribution is 0.0663. The summed E-state index contributed by atoms with van der Waals surface area (Å²) < 4.78 is 0. The number of carbonyl (C=O) groups is 1. The second-order valence-electron chi connectivity index (χ2n) is 5.00. The third-order valence-electron chi connectivity index (χ3n) is 3.55. The zero-order valence-electron chi connectivity index (χ0n) is 10.9. The summed E-state index contributed by atoms with van der Waals surface area (Å²) >= 11 is 5.92. The van der Waals surface area contributed by atoms with Crippen LogP contribution in [0.1, 0.15) is 23.2 Å². The fraction of sp³-hybridized carbons (Fsp3) is 0.500. The van der Waals surface area contributed by atoms with Gasteiger partial charge in [-0.15, -0.1) is 0 Å². The first-order valence-electron chi connectivity index (χ1n) is 6.29. The van der Waals surface area contributed by atoms with Crippen molar-refractivity contribution < 1.29 is 4.79 Å². The normalized spacial score (nSPS) is 17.2. The predicted molar refractivity (Wildman–Crippen MR) is 74.1 cm³/mol. The molecule has 0 aliphatic carbocycles. The van der Waals surface area contributed by atoms with Crippen molar-refractivity contribution in [1.29, 1.82) is 0 Å². The number of benzene rings is 1. The molecule has 1 aliphatic rings. The highest BCUT2D eigenvalue weighted by atomic mass is 35.5. The Bertz CT molecular complexity index is 426. The van der Waals surface area contributed by atoms with E-state index in [-0.39, 0.29) is 5.91 Å². The van der Waals surface area contributed by atoms with Gasteiger partial charge in [-0.25, -0.2) is 0 Å². The largest absolute Gasteiger partial charge is 0.339 e. The number of nitrogens with zero attached hydrogens (tertiary/aromatic N) is 2. The molecule has 1 fully saturated rings. The highest BCUT2D eigenvalue weighted by Crippen LogP contribution is 2.18. The van der Waals surface area contributed by atoms with Crippen LogP contribution in [0, 0.1) is 0 Å². The van der Waals surface area contributed by atoms with Gasteiger partial charge < -0.3 is 9.80 Å². The monoisotopic (exact) mass is 266 g/mol. The SMILES string of the molecule is CN(C)C1CCN(C(=O)c2cccc(Cl)c2)CC1. The van der Waals surface area contributed by atoms with Gasteiger partial charge in [0.2, 0.25) is 0 Å². The van der Waals surface area contributed by atoms with E-state index in [1.165, 1.54) is 0 Å². The Morgan fingerprint density at radius 3 is 2.56 bits per heavy atom. The summed E-state index contributed by atoms with van der Waals surface area (Å²) in [6, 6.07) is 7.76. The first-order valence-corrected chi connectivity index (χ1v) is 6.67. The summed E-state index contributed by atoms with van der Waals surface area (Å²) in [5.74, 6) is 0.0923. The maximum Gasteiger partial charge on any atom is 0.253 e. The van der Waals surface area contributed by atoms with Gasteiger partial charge in [-0.1, -0.05) is 17.7 Å². The lowest BCUT2D eigenvalue weighted by Gasteiger charge is -2.35. The van der Waals surface area contributed by atoms with Crippen molar-refractivity contribution in [1.82, 2.24) is 9.80 Å². The average molecular weight is 267 g/mol. The minimum absolute atomic E-state index is 0.0923. The Balaban J connectivity index is 1.99. The molecule has 98 valence electrons. The molecular weight excluding hydrogens is 248 g/mol. The molecule has 0 aromatic heterocycles. The maximum absolute atomic E-state index is 12.3. The third kappa shape index (κ3) is 3.03. The molecule has 18 heavy (non-hydrogen) atoms. The molecule has 1 saturated heterocycles. The molecule has 0 unspecified atom stereocenters. The van der Waals surface area contributed by atoms with Crippen molar-refractivity contribution in [3.63, 3.8) is 0 Å². The van der Waals surface area contributed by atoms with Gasteiger partial charge >= 0.3 is 0 Å². The first kappa shape index (κ1) is 13.4. The van der Waals surface area contributed by atoms with Crippen LogP contribution in [0.15, 0.2) is 24.3 Å². The van der Waals surface area contributed by atoms with Crippen LogP contribution >= 0.6 is 11.6 Å². The minimum atomic E-state index is 0.0923. The van der Waals surface area contributed by atoms with E-state index in [1.807, 2.05) is 17.0 Å². The van der Waals surface area contributed by atoms with Gasteiger partial charge in [0.05, 0.1) is 0 Å². The van der Waals surface area contributed by atoms with E-state index in [1.54, 1.807) is 12.1 Å². The number of carbonyl (C=O) groups excluding carboxylic acids is 1. The van der Waals surface area contributed by atoms with Crippen molar-refractivity contribution in [2.75, 3.05) is 27.2 Å². The van der Waals surface area contributed by atoms with Crippen LogP contribution in [0.3, 0.4) is 0 Å². The number of amides is 1. The van der Waals surface area contributed by atoms with Crippen molar-refractivity contribution in [2.24, 2.45) is 0 Å². The number of halogens is 1. The van der Waals surface area contributed by atoms with Gasteiger partial charge in [0.15, 0.2) is 0 Å². The zero-order valence-corrected chi connectivity index (χ0v) is 11.7. The summed E-state index contributed by atoms with van der Waals surface area (Å²) in [4.78, 5) is 16.4. The zero-order chi connectivity index (χ0) is 13.1. The van der Waals surface area contributed by atoms with E-state index >= 15 is 0 Å². The quantitative estimate of drug-likeness (QED) is 0.821. The Kier molecular flexibility index (Phi) is 4.25. The number of hydrogen-bond donors (Lipinski definition) is 0. The van der Waals surface area contributed by atoms with E-state index in [4.69, 9.17) is 11.6 Å². The Morgan fingerprint density at radius 2 is 2.00 bits per heavy atom. The molecule has 0 bridgehead atoms. The summed E-state index contributed by atoms with van der Waals surface area (Å²) in [7, 11) is 4.19. The van der Waals surface area contributed by atoms with Crippen LogP contribution in [-0.4, -0.2) is 48.9 Å². The van der Waals surface area contributed by atoms with Crippen molar-refractivity contribution in [2.45, 2.75) is 18.9 Å². The number of likely N-dealkylation sites (tertiary alicyclic amines) is 1. The van der Waals surface area contributed by atoms with Gasteiger partial charge in [-0.05, 0) is 45.1 Å². The predicted octanol–water partition coefficient (Wildman–Crippen LogP) is 2.51. The number of rotatable bonds is 2. The molecule has 3 nitrogen and oxygen atoms in total. The summed E-state index contributed by atoms with van der Waals surface area (Å²) in [6.07, 6.45) is 2.08. The highest BCUT2D eigenvalue weighted by Gasteiger charge is 2.24. The van der Waals surface area contributed by atoms with Crippen LogP contribution in [0.25, 0.3) is 0 Å². The van der Waals surface area contributed by atoms with Crippen LogP contribution in [0.5, 0.6) is 0 Å². The molecule has 0 atom stereocenters. The molecule has 4 heteroatoms.